The van der Waals surface area contributed by atoms with Gasteiger partial charge in [0.2, 0.25) is 0 Å². The number of carbonyl (C=O) groups excluding carboxylic acids is 1. The minimum atomic E-state index is -0.479. The molecule has 0 bridgehead atoms. The number of nitrogens with zero attached hydrogens (tertiary/aromatic N) is 1. The number of aryl methyl sites for hydroxylation is 2. The Morgan fingerprint density at radius 3 is 2.56 bits per heavy atom. The molecule has 4 rings (SSSR count). The van der Waals surface area contributed by atoms with Gasteiger partial charge in [0, 0.05) is 18.8 Å². The highest BCUT2D eigenvalue weighted by atomic mass is 16.5. The van der Waals surface area contributed by atoms with Gasteiger partial charge in [0.1, 0.15) is 5.75 Å². The molecule has 0 saturated carbocycles. The van der Waals surface area contributed by atoms with E-state index in [0.717, 1.165) is 43.2 Å². The van der Waals surface area contributed by atoms with E-state index in [1.165, 1.54) is 42.5 Å². The number of hydrogen-bond acceptors (Lipinski definition) is 3. The predicted molar refractivity (Wildman–Crippen MR) is 131 cm³/mol. The number of amides is 1. The zero-order valence-electron chi connectivity index (χ0n) is 19.9. The summed E-state index contributed by atoms with van der Waals surface area (Å²) in [5.74, 6) is 1.51. The molecule has 4 nitrogen and oxygen atoms in total. The Kier molecular flexibility index (Phi) is 7.39. The molecular formula is C28H38N2O2. The molecule has 1 saturated heterocycles. The quantitative estimate of drug-likeness (QED) is 0.595. The van der Waals surface area contributed by atoms with Gasteiger partial charge in [0.15, 0.2) is 6.10 Å². The van der Waals surface area contributed by atoms with Gasteiger partial charge < -0.3 is 15.0 Å². The molecule has 2 aromatic rings. The van der Waals surface area contributed by atoms with Crippen LogP contribution in [0.5, 0.6) is 5.75 Å². The maximum Gasteiger partial charge on any atom is 0.261 e. The summed E-state index contributed by atoms with van der Waals surface area (Å²) in [5, 5.41) is 3.16. The van der Waals surface area contributed by atoms with Gasteiger partial charge in [-0.1, -0.05) is 32.0 Å². The van der Waals surface area contributed by atoms with Crippen LogP contribution >= 0.6 is 0 Å². The second-order valence-corrected chi connectivity index (χ2v) is 9.67. The van der Waals surface area contributed by atoms with Gasteiger partial charge in [-0.2, -0.15) is 0 Å². The topological polar surface area (TPSA) is 41.6 Å². The number of rotatable bonds is 7. The van der Waals surface area contributed by atoms with Crippen molar-refractivity contribution in [3.63, 3.8) is 0 Å². The Labute approximate surface area is 193 Å². The monoisotopic (exact) mass is 434 g/mol. The molecule has 0 unspecified atom stereocenters. The fourth-order valence-electron chi connectivity index (χ4n) is 5.06. The minimum absolute atomic E-state index is 0.0494. The van der Waals surface area contributed by atoms with E-state index in [0.29, 0.717) is 6.42 Å². The van der Waals surface area contributed by atoms with Gasteiger partial charge in [-0.15, -0.1) is 0 Å². The smallest absolute Gasteiger partial charge is 0.261 e. The average Bonchev–Trinajstić information content (AvgIpc) is 2.82. The molecule has 1 heterocycles. The van der Waals surface area contributed by atoms with Crippen LogP contribution in [0.3, 0.4) is 0 Å². The highest BCUT2D eigenvalue weighted by molar-refractivity contribution is 5.81. The molecule has 172 valence electrons. The largest absolute Gasteiger partial charge is 0.481 e. The molecule has 2 aliphatic rings. The Bertz CT molecular complexity index is 908. The third kappa shape index (κ3) is 5.46. The third-order valence-electron chi connectivity index (χ3n) is 7.04. The highest BCUT2D eigenvalue weighted by Crippen LogP contribution is 2.27. The van der Waals surface area contributed by atoms with Gasteiger partial charge in [-0.05, 0) is 98.7 Å². The second-order valence-electron chi connectivity index (χ2n) is 9.67. The van der Waals surface area contributed by atoms with E-state index >= 15 is 0 Å². The average molecular weight is 435 g/mol. The normalized spacial score (nSPS) is 20.2. The number of anilines is 1. The number of hydrogen-bond donors (Lipinski definition) is 1. The summed E-state index contributed by atoms with van der Waals surface area (Å²) in [7, 11) is 0. The number of benzene rings is 2. The molecule has 4 heteroatoms. The summed E-state index contributed by atoms with van der Waals surface area (Å²) in [5.41, 5.74) is 5.20. The minimum Gasteiger partial charge on any atom is -0.481 e. The summed E-state index contributed by atoms with van der Waals surface area (Å²) < 4.78 is 6.12. The van der Waals surface area contributed by atoms with E-state index in [4.69, 9.17) is 4.74 Å². The first-order valence-electron chi connectivity index (χ1n) is 12.5. The molecule has 0 aromatic heterocycles. The first-order chi connectivity index (χ1) is 15.5. The van der Waals surface area contributed by atoms with Gasteiger partial charge in [-0.25, -0.2) is 0 Å². The zero-order chi connectivity index (χ0) is 22.5. The summed E-state index contributed by atoms with van der Waals surface area (Å²) in [4.78, 5) is 15.4. The highest BCUT2D eigenvalue weighted by Gasteiger charge is 2.22. The summed E-state index contributed by atoms with van der Waals surface area (Å²) in [6.07, 6.45) is 7.51. The van der Waals surface area contributed by atoms with Crippen LogP contribution in [0, 0.1) is 5.92 Å². The molecule has 3 atom stereocenters. The lowest BCUT2D eigenvalue weighted by Crippen LogP contribution is -2.39. The van der Waals surface area contributed by atoms with E-state index in [9.17, 15) is 4.79 Å². The van der Waals surface area contributed by atoms with E-state index in [-0.39, 0.29) is 11.9 Å². The van der Waals surface area contributed by atoms with Gasteiger partial charge >= 0.3 is 0 Å². The molecule has 0 radical (unpaired) electrons. The molecule has 1 aliphatic carbocycles. The maximum absolute atomic E-state index is 13.0. The number of ether oxygens (including phenoxy) is 1. The number of piperidine rings is 1. The van der Waals surface area contributed by atoms with Crippen LogP contribution in [0.25, 0.3) is 0 Å². The van der Waals surface area contributed by atoms with Gasteiger partial charge in [-0.3, -0.25) is 4.79 Å². The van der Waals surface area contributed by atoms with Crippen LogP contribution in [0.15, 0.2) is 42.5 Å². The maximum atomic E-state index is 13.0. The van der Waals surface area contributed by atoms with Crippen molar-refractivity contribution < 1.29 is 9.53 Å². The summed E-state index contributed by atoms with van der Waals surface area (Å²) in [6.45, 7) is 8.63. The van der Waals surface area contributed by atoms with Crippen LogP contribution in [0.1, 0.15) is 75.6 Å². The van der Waals surface area contributed by atoms with Crippen molar-refractivity contribution >= 4 is 11.6 Å². The molecule has 1 amide bonds. The lowest BCUT2D eigenvalue weighted by molar-refractivity contribution is -0.128. The number of nitrogens with one attached hydrogen (secondary N) is 1. The van der Waals surface area contributed by atoms with Crippen LogP contribution < -0.4 is 15.0 Å². The van der Waals surface area contributed by atoms with Crippen molar-refractivity contribution in [1.82, 2.24) is 5.32 Å². The van der Waals surface area contributed by atoms with Crippen molar-refractivity contribution in [2.75, 3.05) is 18.0 Å². The van der Waals surface area contributed by atoms with Crippen molar-refractivity contribution in [3.8, 4) is 5.75 Å². The second kappa shape index (κ2) is 10.4. The standard InChI is InChI=1S/C28H38N2O2/c1-4-27(32-26-16-13-23-9-5-6-10-24(23)18-26)28(31)29-21(3)22-11-14-25(15-12-22)30-17-7-8-20(2)19-30/h11-16,18,20-21,27H,4-10,17,19H2,1-3H3,(H,29,31)/t20-,21+,27-/m1/s1. The van der Waals surface area contributed by atoms with E-state index in [1.807, 2.05) is 19.9 Å². The van der Waals surface area contributed by atoms with E-state index in [2.05, 4.69) is 53.5 Å². The molecule has 1 N–H and O–H groups in total. The van der Waals surface area contributed by atoms with E-state index < -0.39 is 6.10 Å². The van der Waals surface area contributed by atoms with Crippen LogP contribution in [-0.4, -0.2) is 25.1 Å². The van der Waals surface area contributed by atoms with Crippen molar-refractivity contribution in [1.29, 1.82) is 0 Å². The molecule has 2 aromatic carbocycles. The summed E-state index contributed by atoms with van der Waals surface area (Å²) in [6, 6.07) is 14.9. The van der Waals surface area contributed by atoms with Gasteiger partial charge in [0.25, 0.3) is 5.91 Å². The first-order valence-corrected chi connectivity index (χ1v) is 12.5. The molecule has 0 spiro atoms. The SMILES string of the molecule is CC[C@@H](Oc1ccc2c(c1)CCCC2)C(=O)N[C@@H](C)c1ccc(N2CCC[C@@H](C)C2)cc1. The fraction of sp³-hybridized carbons (Fsp3) is 0.536. The Morgan fingerprint density at radius 2 is 1.84 bits per heavy atom. The number of fused-ring (bicyclic) bond motifs is 1. The Hall–Kier alpha value is -2.49. The molecular weight excluding hydrogens is 396 g/mol. The lowest BCUT2D eigenvalue weighted by atomic mass is 9.92. The van der Waals surface area contributed by atoms with Crippen LogP contribution in [-0.2, 0) is 17.6 Å². The van der Waals surface area contributed by atoms with Crippen molar-refractivity contribution in [2.24, 2.45) is 5.92 Å². The van der Waals surface area contributed by atoms with Crippen molar-refractivity contribution in [3.05, 3.63) is 59.2 Å². The van der Waals surface area contributed by atoms with Gasteiger partial charge in [0.05, 0.1) is 6.04 Å². The lowest BCUT2D eigenvalue weighted by Gasteiger charge is -2.33. The fourth-order valence-corrected chi connectivity index (χ4v) is 5.06. The number of carbonyl (C=O) groups is 1. The van der Waals surface area contributed by atoms with Crippen LogP contribution in [0.2, 0.25) is 0 Å². The predicted octanol–water partition coefficient (Wildman–Crippen LogP) is 5.84. The summed E-state index contributed by atoms with van der Waals surface area (Å²) >= 11 is 0. The third-order valence-corrected chi connectivity index (χ3v) is 7.04. The molecule has 32 heavy (non-hydrogen) atoms. The van der Waals surface area contributed by atoms with Crippen LogP contribution in [0.4, 0.5) is 5.69 Å². The Morgan fingerprint density at radius 1 is 1.09 bits per heavy atom. The first kappa shape index (κ1) is 22.7. The molecule has 1 aliphatic heterocycles. The molecule has 1 fully saturated rings. The zero-order valence-corrected chi connectivity index (χ0v) is 19.9. The Balaban J connectivity index is 1.35. The van der Waals surface area contributed by atoms with Crippen molar-refractivity contribution in [2.45, 2.75) is 77.9 Å². The van der Waals surface area contributed by atoms with E-state index in [1.54, 1.807) is 0 Å².